The van der Waals surface area contributed by atoms with E-state index in [2.05, 4.69) is 15.3 Å². The summed E-state index contributed by atoms with van der Waals surface area (Å²) >= 11 is 0. The summed E-state index contributed by atoms with van der Waals surface area (Å²) in [7, 11) is 0. The molecule has 5 rings (SSSR count). The highest BCUT2D eigenvalue weighted by molar-refractivity contribution is 5.76. The van der Waals surface area contributed by atoms with Crippen LogP contribution >= 0.6 is 0 Å². The van der Waals surface area contributed by atoms with Gasteiger partial charge in [0.1, 0.15) is 0 Å². The Hall–Kier alpha value is -2.14. The van der Waals surface area contributed by atoms with Crippen molar-refractivity contribution in [3.05, 3.63) is 48.3 Å². The lowest BCUT2D eigenvalue weighted by atomic mass is 9.84. The predicted octanol–water partition coefficient (Wildman–Crippen LogP) is 2.02. The molecule has 0 saturated carbocycles. The van der Waals surface area contributed by atoms with E-state index >= 15 is 0 Å². The van der Waals surface area contributed by atoms with Gasteiger partial charge in [-0.25, -0.2) is 4.68 Å². The molecule has 3 fully saturated rings. The minimum absolute atomic E-state index is 0.168. The third kappa shape index (κ3) is 3.36. The summed E-state index contributed by atoms with van der Waals surface area (Å²) in [5, 5.41) is 7.64. The minimum atomic E-state index is 0.168. The number of aryl methyl sites for hydroxylation is 1. The number of carbonyl (C=O) groups is 1. The molecular weight excluding hydrogens is 300 g/mol. The predicted molar refractivity (Wildman–Crippen MR) is 93.0 cm³/mol. The number of amides is 1. The fraction of sp³-hybridized carbons (Fsp3) is 0.474. The molecule has 3 saturated heterocycles. The molecule has 3 aliphatic rings. The third-order valence-electron chi connectivity index (χ3n) is 5.30. The number of carbonyl (C=O) groups excluding carboxylic acids is 1. The number of hydrogen-bond acceptors (Lipinski definition) is 3. The fourth-order valence-corrected chi connectivity index (χ4v) is 3.88. The largest absolute Gasteiger partial charge is 0.352 e. The van der Waals surface area contributed by atoms with Gasteiger partial charge in [-0.05, 0) is 56.0 Å². The van der Waals surface area contributed by atoms with E-state index in [4.69, 9.17) is 0 Å². The highest BCUT2D eigenvalue weighted by Gasteiger charge is 2.34. The Labute approximate surface area is 142 Å². The molecule has 1 aromatic carbocycles. The van der Waals surface area contributed by atoms with E-state index in [1.54, 1.807) is 0 Å². The van der Waals surface area contributed by atoms with E-state index in [1.165, 1.54) is 25.9 Å². The van der Waals surface area contributed by atoms with Gasteiger partial charge in [0.25, 0.3) is 0 Å². The van der Waals surface area contributed by atoms with Crippen LogP contribution in [0.1, 0.15) is 24.8 Å². The van der Waals surface area contributed by atoms with Crippen molar-refractivity contribution >= 4 is 5.91 Å². The maximum Gasteiger partial charge on any atom is 0.220 e. The average molecular weight is 324 g/mol. The number of nitrogens with one attached hydrogen (secondary N) is 1. The zero-order valence-electron chi connectivity index (χ0n) is 13.9. The molecule has 0 radical (unpaired) electrons. The number of fused-ring (bicyclic) bond motifs is 3. The first-order valence-corrected chi connectivity index (χ1v) is 8.88. The smallest absolute Gasteiger partial charge is 0.220 e. The van der Waals surface area contributed by atoms with E-state index in [9.17, 15) is 4.79 Å². The third-order valence-corrected chi connectivity index (χ3v) is 5.30. The standard InChI is InChI=1S/C19H24N4O/c24-19(21-18-14-22-10-8-16(18)9-11-22)7-6-15-12-20-23(13-15)17-4-2-1-3-5-17/h1-5,12-13,16,18H,6-11,14H2,(H,21,24). The summed E-state index contributed by atoms with van der Waals surface area (Å²) in [5.74, 6) is 0.848. The molecule has 5 nitrogen and oxygen atoms in total. The molecule has 4 heterocycles. The zero-order valence-corrected chi connectivity index (χ0v) is 13.9. The number of piperidine rings is 3. The lowest BCUT2D eigenvalue weighted by Crippen LogP contribution is -2.57. The molecule has 1 atom stereocenters. The lowest BCUT2D eigenvalue weighted by molar-refractivity contribution is -0.123. The Kier molecular flexibility index (Phi) is 4.34. The number of nitrogens with zero attached hydrogens (tertiary/aromatic N) is 3. The maximum absolute atomic E-state index is 12.3. The highest BCUT2D eigenvalue weighted by Crippen LogP contribution is 2.27. The van der Waals surface area contributed by atoms with Crippen molar-refractivity contribution in [2.75, 3.05) is 19.6 Å². The number of rotatable bonds is 5. The van der Waals surface area contributed by atoms with Crippen molar-refractivity contribution in [3.63, 3.8) is 0 Å². The van der Waals surface area contributed by atoms with Gasteiger partial charge in [0.15, 0.2) is 0 Å². The first-order chi connectivity index (χ1) is 11.8. The van der Waals surface area contributed by atoms with Gasteiger partial charge in [0, 0.05) is 25.2 Å². The first kappa shape index (κ1) is 15.4. The lowest BCUT2D eigenvalue weighted by Gasteiger charge is -2.44. The second-order valence-electron chi connectivity index (χ2n) is 6.94. The first-order valence-electron chi connectivity index (χ1n) is 8.88. The van der Waals surface area contributed by atoms with Crippen molar-refractivity contribution in [1.29, 1.82) is 0 Å². The molecule has 2 bridgehead atoms. The molecule has 1 N–H and O–H groups in total. The SMILES string of the molecule is O=C(CCc1cnn(-c2ccccc2)c1)NC1CN2CCC1CC2. The molecule has 3 aliphatic heterocycles. The van der Waals surface area contributed by atoms with E-state index < -0.39 is 0 Å². The number of para-hydroxylation sites is 1. The highest BCUT2D eigenvalue weighted by atomic mass is 16.1. The van der Waals surface area contributed by atoms with E-state index in [0.717, 1.165) is 24.2 Å². The normalized spacial score (nSPS) is 25.6. The number of aromatic nitrogens is 2. The Balaban J connectivity index is 1.29. The second kappa shape index (κ2) is 6.77. The van der Waals surface area contributed by atoms with Gasteiger partial charge in [-0.1, -0.05) is 18.2 Å². The molecule has 2 aromatic rings. The van der Waals surface area contributed by atoms with Crippen LogP contribution in [0.4, 0.5) is 0 Å². The van der Waals surface area contributed by atoms with Crippen LogP contribution in [0.15, 0.2) is 42.7 Å². The second-order valence-corrected chi connectivity index (χ2v) is 6.94. The van der Waals surface area contributed by atoms with E-state index in [0.29, 0.717) is 18.4 Å². The van der Waals surface area contributed by atoms with Crippen molar-refractivity contribution in [3.8, 4) is 5.69 Å². The summed E-state index contributed by atoms with van der Waals surface area (Å²) in [4.78, 5) is 14.7. The Morgan fingerprint density at radius 2 is 2.00 bits per heavy atom. The molecule has 5 heteroatoms. The van der Waals surface area contributed by atoms with Gasteiger partial charge in [0.05, 0.1) is 11.9 Å². The molecule has 126 valence electrons. The molecule has 24 heavy (non-hydrogen) atoms. The Bertz CT molecular complexity index is 688. The van der Waals surface area contributed by atoms with Crippen molar-refractivity contribution in [2.24, 2.45) is 5.92 Å². The van der Waals surface area contributed by atoms with Crippen LogP contribution in [-0.4, -0.2) is 46.3 Å². The summed E-state index contributed by atoms with van der Waals surface area (Å²) in [6, 6.07) is 10.4. The summed E-state index contributed by atoms with van der Waals surface area (Å²) < 4.78 is 1.86. The monoisotopic (exact) mass is 324 g/mol. The number of benzene rings is 1. The average Bonchev–Trinajstić information content (AvgIpc) is 3.11. The van der Waals surface area contributed by atoms with Crippen LogP contribution in [0.5, 0.6) is 0 Å². The molecule has 1 aromatic heterocycles. The molecular formula is C19H24N4O. The van der Waals surface area contributed by atoms with Crippen LogP contribution in [0, 0.1) is 5.92 Å². The van der Waals surface area contributed by atoms with Gasteiger partial charge in [-0.15, -0.1) is 0 Å². The molecule has 0 aliphatic carbocycles. The van der Waals surface area contributed by atoms with Crippen LogP contribution in [0.25, 0.3) is 5.69 Å². The summed E-state index contributed by atoms with van der Waals surface area (Å²) in [6.45, 7) is 3.44. The van der Waals surface area contributed by atoms with E-state index in [1.807, 2.05) is 47.4 Å². The van der Waals surface area contributed by atoms with Crippen LogP contribution < -0.4 is 5.32 Å². The van der Waals surface area contributed by atoms with Crippen molar-refractivity contribution < 1.29 is 4.79 Å². The van der Waals surface area contributed by atoms with Gasteiger partial charge in [-0.3, -0.25) is 4.79 Å². The van der Waals surface area contributed by atoms with Crippen LogP contribution in [-0.2, 0) is 11.2 Å². The summed E-state index contributed by atoms with van der Waals surface area (Å²) in [5.41, 5.74) is 2.14. The Morgan fingerprint density at radius 1 is 1.21 bits per heavy atom. The maximum atomic E-state index is 12.3. The topological polar surface area (TPSA) is 50.2 Å². The fourth-order valence-electron chi connectivity index (χ4n) is 3.88. The van der Waals surface area contributed by atoms with Gasteiger partial charge in [-0.2, -0.15) is 5.10 Å². The van der Waals surface area contributed by atoms with Gasteiger partial charge < -0.3 is 10.2 Å². The van der Waals surface area contributed by atoms with Gasteiger partial charge >= 0.3 is 0 Å². The van der Waals surface area contributed by atoms with Crippen LogP contribution in [0.2, 0.25) is 0 Å². The minimum Gasteiger partial charge on any atom is -0.352 e. The van der Waals surface area contributed by atoms with Gasteiger partial charge in [0.2, 0.25) is 5.91 Å². The molecule has 1 unspecified atom stereocenters. The van der Waals surface area contributed by atoms with Crippen molar-refractivity contribution in [2.45, 2.75) is 31.7 Å². The zero-order chi connectivity index (χ0) is 16.4. The van der Waals surface area contributed by atoms with Crippen LogP contribution in [0.3, 0.4) is 0 Å². The quantitative estimate of drug-likeness (QED) is 0.915. The number of hydrogen-bond donors (Lipinski definition) is 1. The summed E-state index contributed by atoms with van der Waals surface area (Å²) in [6.07, 6.45) is 7.60. The Morgan fingerprint density at radius 3 is 2.71 bits per heavy atom. The molecule has 1 amide bonds. The molecule has 0 spiro atoms. The van der Waals surface area contributed by atoms with E-state index in [-0.39, 0.29) is 5.91 Å². The van der Waals surface area contributed by atoms with Crippen molar-refractivity contribution in [1.82, 2.24) is 20.0 Å².